The van der Waals surface area contributed by atoms with Gasteiger partial charge in [-0.05, 0) is 24.7 Å². The molecule has 2 aromatic carbocycles. The van der Waals surface area contributed by atoms with Gasteiger partial charge in [-0.25, -0.2) is 0 Å². The molecule has 0 aliphatic carbocycles. The van der Waals surface area contributed by atoms with Crippen LogP contribution in [0.1, 0.15) is 11.6 Å². The minimum Gasteiger partial charge on any atom is -0.423 e. The van der Waals surface area contributed by atoms with Gasteiger partial charge in [-0.2, -0.15) is 4.98 Å². The normalized spacial score (nSPS) is 19.7. The number of piperazine rings is 1. The van der Waals surface area contributed by atoms with Gasteiger partial charge in [0, 0.05) is 19.6 Å². The predicted molar refractivity (Wildman–Crippen MR) is 88.0 cm³/mol. The number of aromatic nitrogens is 1. The van der Waals surface area contributed by atoms with Gasteiger partial charge >= 0.3 is 0 Å². The molecule has 0 amide bonds. The first-order valence-corrected chi connectivity index (χ1v) is 7.67. The van der Waals surface area contributed by atoms with Crippen molar-refractivity contribution in [3.05, 3.63) is 60.2 Å². The average molecular weight is 293 g/mol. The number of nitrogens with zero attached hydrogens (tertiary/aromatic N) is 3. The van der Waals surface area contributed by atoms with Crippen LogP contribution in [-0.4, -0.2) is 36.6 Å². The highest BCUT2D eigenvalue weighted by molar-refractivity contribution is 5.74. The molecule has 0 bridgehead atoms. The van der Waals surface area contributed by atoms with Gasteiger partial charge in [0.1, 0.15) is 5.52 Å². The lowest BCUT2D eigenvalue weighted by atomic mass is 10.0. The highest BCUT2D eigenvalue weighted by atomic mass is 16.4. The standard InChI is InChI=1S/C18H19N3O/c1-20-11-12-21(16(13-20)14-7-3-2-4-8-14)18-19-15-9-5-6-10-17(15)22-18/h2-10,16H,11-13H2,1H3. The lowest BCUT2D eigenvalue weighted by Crippen LogP contribution is -2.47. The molecule has 4 nitrogen and oxygen atoms in total. The van der Waals surface area contributed by atoms with Crippen molar-refractivity contribution in [2.75, 3.05) is 31.6 Å². The third-order valence-corrected chi connectivity index (χ3v) is 4.30. The van der Waals surface area contributed by atoms with Crippen molar-refractivity contribution in [3.63, 3.8) is 0 Å². The van der Waals surface area contributed by atoms with Crippen molar-refractivity contribution < 1.29 is 4.42 Å². The van der Waals surface area contributed by atoms with Crippen LogP contribution in [0.4, 0.5) is 6.01 Å². The highest BCUT2D eigenvalue weighted by Gasteiger charge is 2.29. The number of anilines is 1. The Labute approximate surface area is 130 Å². The van der Waals surface area contributed by atoms with E-state index in [0.717, 1.165) is 36.7 Å². The summed E-state index contributed by atoms with van der Waals surface area (Å²) in [5.74, 6) is 0. The number of rotatable bonds is 2. The smallest absolute Gasteiger partial charge is 0.298 e. The number of hydrogen-bond acceptors (Lipinski definition) is 4. The van der Waals surface area contributed by atoms with Crippen LogP contribution in [0.3, 0.4) is 0 Å². The Morgan fingerprint density at radius 2 is 1.77 bits per heavy atom. The van der Waals surface area contributed by atoms with Gasteiger partial charge in [0.05, 0.1) is 6.04 Å². The van der Waals surface area contributed by atoms with Crippen molar-refractivity contribution >= 4 is 17.1 Å². The van der Waals surface area contributed by atoms with E-state index in [0.29, 0.717) is 0 Å². The van der Waals surface area contributed by atoms with E-state index in [1.54, 1.807) is 0 Å². The molecular formula is C18H19N3O. The Hall–Kier alpha value is -2.33. The Kier molecular flexibility index (Phi) is 3.31. The Morgan fingerprint density at radius 3 is 2.59 bits per heavy atom. The molecule has 0 spiro atoms. The van der Waals surface area contributed by atoms with Crippen molar-refractivity contribution in [1.29, 1.82) is 0 Å². The van der Waals surface area contributed by atoms with E-state index in [1.165, 1.54) is 5.56 Å². The second kappa shape index (κ2) is 5.46. The maximum Gasteiger partial charge on any atom is 0.298 e. The zero-order valence-corrected chi connectivity index (χ0v) is 12.6. The quantitative estimate of drug-likeness (QED) is 0.725. The van der Waals surface area contributed by atoms with Crippen LogP contribution in [0.25, 0.3) is 11.1 Å². The van der Waals surface area contributed by atoms with Gasteiger partial charge in [-0.15, -0.1) is 0 Å². The van der Waals surface area contributed by atoms with Gasteiger partial charge in [0.2, 0.25) is 0 Å². The summed E-state index contributed by atoms with van der Waals surface area (Å²) in [5.41, 5.74) is 3.07. The van der Waals surface area contributed by atoms with Crippen LogP contribution in [0.2, 0.25) is 0 Å². The second-order valence-corrected chi connectivity index (χ2v) is 5.85. The average Bonchev–Trinajstić information content (AvgIpc) is 2.99. The Balaban J connectivity index is 1.74. The molecule has 1 fully saturated rings. The van der Waals surface area contributed by atoms with Crippen molar-refractivity contribution in [2.45, 2.75) is 6.04 Å². The van der Waals surface area contributed by atoms with E-state index < -0.39 is 0 Å². The van der Waals surface area contributed by atoms with Crippen molar-refractivity contribution in [1.82, 2.24) is 9.88 Å². The zero-order valence-electron chi connectivity index (χ0n) is 12.6. The molecule has 1 aliphatic rings. The van der Waals surface area contributed by atoms with Gasteiger partial charge in [-0.3, -0.25) is 0 Å². The number of para-hydroxylation sites is 2. The van der Waals surface area contributed by atoms with Crippen LogP contribution in [-0.2, 0) is 0 Å². The Bertz CT molecular complexity index is 735. The molecule has 1 aromatic heterocycles. The lowest BCUT2D eigenvalue weighted by Gasteiger charge is -2.39. The number of oxazole rings is 1. The van der Waals surface area contributed by atoms with E-state index in [1.807, 2.05) is 24.3 Å². The van der Waals surface area contributed by atoms with Gasteiger partial charge in [-0.1, -0.05) is 42.5 Å². The molecule has 1 saturated heterocycles. The summed E-state index contributed by atoms with van der Waals surface area (Å²) in [4.78, 5) is 9.32. The summed E-state index contributed by atoms with van der Waals surface area (Å²) >= 11 is 0. The van der Waals surface area contributed by atoms with Crippen molar-refractivity contribution in [3.8, 4) is 0 Å². The molecule has 2 heterocycles. The minimum absolute atomic E-state index is 0.271. The summed E-state index contributed by atoms with van der Waals surface area (Å²) in [6.45, 7) is 2.91. The molecule has 1 unspecified atom stereocenters. The monoisotopic (exact) mass is 293 g/mol. The van der Waals surface area contributed by atoms with Gasteiger partial charge < -0.3 is 14.2 Å². The molecule has 0 saturated carbocycles. The largest absolute Gasteiger partial charge is 0.423 e. The van der Waals surface area contributed by atoms with Crippen molar-refractivity contribution in [2.24, 2.45) is 0 Å². The zero-order chi connectivity index (χ0) is 14.9. The molecule has 112 valence electrons. The number of likely N-dealkylation sites (N-methyl/N-ethyl adjacent to an activating group) is 1. The maximum atomic E-state index is 5.99. The molecule has 1 atom stereocenters. The fraction of sp³-hybridized carbons (Fsp3) is 0.278. The fourth-order valence-corrected chi connectivity index (χ4v) is 3.09. The summed E-state index contributed by atoms with van der Waals surface area (Å²) < 4.78 is 5.99. The fourth-order valence-electron chi connectivity index (χ4n) is 3.09. The van der Waals surface area contributed by atoms with Crippen LogP contribution in [0.15, 0.2) is 59.0 Å². The molecular weight excluding hydrogens is 274 g/mol. The van der Waals surface area contributed by atoms with Crippen LogP contribution in [0, 0.1) is 0 Å². The summed E-state index contributed by atoms with van der Waals surface area (Å²) in [7, 11) is 2.17. The summed E-state index contributed by atoms with van der Waals surface area (Å²) in [6, 6.07) is 19.5. The van der Waals surface area contributed by atoms with E-state index >= 15 is 0 Å². The first-order chi connectivity index (χ1) is 10.8. The third kappa shape index (κ3) is 2.35. The molecule has 3 aromatic rings. The first kappa shape index (κ1) is 13.3. The molecule has 4 rings (SSSR count). The molecule has 22 heavy (non-hydrogen) atoms. The second-order valence-electron chi connectivity index (χ2n) is 5.85. The molecule has 1 aliphatic heterocycles. The summed E-state index contributed by atoms with van der Waals surface area (Å²) in [5, 5.41) is 0. The first-order valence-electron chi connectivity index (χ1n) is 7.67. The van der Waals surface area contributed by atoms with Gasteiger partial charge in [0.15, 0.2) is 5.58 Å². The maximum absolute atomic E-state index is 5.99. The lowest BCUT2D eigenvalue weighted by molar-refractivity contribution is 0.261. The van der Waals surface area contributed by atoms with Crippen LogP contribution in [0.5, 0.6) is 0 Å². The topological polar surface area (TPSA) is 32.5 Å². The van der Waals surface area contributed by atoms with Gasteiger partial charge in [0.25, 0.3) is 6.01 Å². The Morgan fingerprint density at radius 1 is 1.00 bits per heavy atom. The predicted octanol–water partition coefficient (Wildman–Crippen LogP) is 3.32. The van der Waals surface area contributed by atoms with E-state index in [2.05, 4.69) is 52.2 Å². The molecule has 0 N–H and O–H groups in total. The van der Waals surface area contributed by atoms with Crippen LogP contribution < -0.4 is 4.90 Å². The van der Waals surface area contributed by atoms with E-state index in [9.17, 15) is 0 Å². The van der Waals surface area contributed by atoms with E-state index in [-0.39, 0.29) is 6.04 Å². The number of benzene rings is 2. The number of fused-ring (bicyclic) bond motifs is 1. The minimum atomic E-state index is 0.271. The SMILES string of the molecule is CN1CCN(c2nc3ccccc3o2)C(c2ccccc2)C1. The van der Waals surface area contributed by atoms with Crippen LogP contribution >= 0.6 is 0 Å². The van der Waals surface area contributed by atoms with E-state index in [4.69, 9.17) is 4.42 Å². The third-order valence-electron chi connectivity index (χ3n) is 4.30. The molecule has 4 heteroatoms. The number of hydrogen-bond donors (Lipinski definition) is 0. The summed E-state index contributed by atoms with van der Waals surface area (Å²) in [6.07, 6.45) is 0. The highest BCUT2D eigenvalue weighted by Crippen LogP contribution is 2.31. The molecule has 0 radical (unpaired) electrons.